The van der Waals surface area contributed by atoms with Gasteiger partial charge in [0.2, 0.25) is 0 Å². The molecule has 2 N–H and O–H groups in total. The quantitative estimate of drug-likeness (QED) is 0.498. The number of carbonyl (C=O) groups excluding carboxylic acids is 2. The molecular weight excluding hydrogens is 470 g/mol. The Morgan fingerprint density at radius 1 is 1.14 bits per heavy atom. The number of methoxy groups -OCH3 is 2. The number of fused-ring (bicyclic) bond motifs is 4. The van der Waals surface area contributed by atoms with Gasteiger partial charge in [-0.05, 0) is 55.5 Å². The van der Waals surface area contributed by atoms with Crippen molar-refractivity contribution in [2.24, 2.45) is 0 Å². The lowest BCUT2D eigenvalue weighted by Gasteiger charge is -2.50. The van der Waals surface area contributed by atoms with E-state index < -0.39 is 5.72 Å². The van der Waals surface area contributed by atoms with Crippen molar-refractivity contribution in [3.63, 3.8) is 0 Å². The largest absolute Gasteiger partial charge is 0.497 e. The van der Waals surface area contributed by atoms with Gasteiger partial charge in [0.05, 0.1) is 31.6 Å². The Hall–Kier alpha value is -3.91. The lowest BCUT2D eigenvalue weighted by molar-refractivity contribution is 0.0378. The van der Waals surface area contributed by atoms with Gasteiger partial charge in [0, 0.05) is 28.6 Å². The number of amides is 3. The Labute approximate surface area is 207 Å². The number of urea groups is 1. The Bertz CT molecular complexity index is 1330. The van der Waals surface area contributed by atoms with Crippen LogP contribution in [0.15, 0.2) is 60.7 Å². The number of carbonyl (C=O) groups is 2. The highest BCUT2D eigenvalue weighted by atomic mass is 35.5. The zero-order valence-corrected chi connectivity index (χ0v) is 20.2. The third kappa shape index (κ3) is 4.10. The van der Waals surface area contributed by atoms with Crippen molar-refractivity contribution in [2.45, 2.75) is 25.1 Å². The minimum atomic E-state index is -0.942. The van der Waals surface area contributed by atoms with Crippen molar-refractivity contribution in [1.29, 1.82) is 0 Å². The van der Waals surface area contributed by atoms with E-state index in [1.807, 2.05) is 19.1 Å². The van der Waals surface area contributed by atoms with E-state index in [0.717, 1.165) is 5.56 Å². The van der Waals surface area contributed by atoms with Crippen LogP contribution in [0.3, 0.4) is 0 Å². The molecule has 0 radical (unpaired) electrons. The van der Waals surface area contributed by atoms with Gasteiger partial charge >= 0.3 is 6.03 Å². The fourth-order valence-corrected chi connectivity index (χ4v) is 4.80. The maximum Gasteiger partial charge on any atom is 0.325 e. The van der Waals surface area contributed by atoms with E-state index in [0.29, 0.717) is 45.6 Å². The van der Waals surface area contributed by atoms with Crippen molar-refractivity contribution in [3.8, 4) is 17.2 Å². The number of benzene rings is 3. The van der Waals surface area contributed by atoms with Crippen LogP contribution < -0.4 is 29.7 Å². The minimum Gasteiger partial charge on any atom is -0.497 e. The summed E-state index contributed by atoms with van der Waals surface area (Å²) in [5, 5.41) is 6.48. The molecule has 2 bridgehead atoms. The molecule has 180 valence electrons. The van der Waals surface area contributed by atoms with Gasteiger partial charge in [-0.15, -0.1) is 0 Å². The van der Waals surface area contributed by atoms with Gasteiger partial charge in [-0.2, -0.15) is 0 Å². The van der Waals surface area contributed by atoms with E-state index in [1.54, 1.807) is 60.5 Å². The smallest absolute Gasteiger partial charge is 0.325 e. The molecular formula is C26H24ClN3O5. The molecule has 8 nitrogen and oxygen atoms in total. The maximum absolute atomic E-state index is 13.2. The summed E-state index contributed by atoms with van der Waals surface area (Å²) in [7, 11) is 3.08. The summed E-state index contributed by atoms with van der Waals surface area (Å²) in [5.41, 5.74) is 1.32. The SMILES string of the molecule is COc1ccc(NC(=O)c2cccc(N3C(=O)N[C@H]4C[C@@]3(C)Oc3ccc(Cl)cc34)c2)c(OC)c1. The van der Waals surface area contributed by atoms with Crippen LogP contribution in [-0.4, -0.2) is 31.9 Å². The van der Waals surface area contributed by atoms with Gasteiger partial charge in [0.15, 0.2) is 5.72 Å². The number of nitrogens with zero attached hydrogens (tertiary/aromatic N) is 1. The maximum atomic E-state index is 13.2. The highest BCUT2D eigenvalue weighted by molar-refractivity contribution is 6.30. The Kier molecular flexibility index (Phi) is 5.68. The highest BCUT2D eigenvalue weighted by Gasteiger charge is 2.50. The fraction of sp³-hybridized carbons (Fsp3) is 0.231. The van der Waals surface area contributed by atoms with Crippen LogP contribution in [0.1, 0.15) is 35.3 Å². The molecule has 9 heteroatoms. The van der Waals surface area contributed by atoms with Crippen LogP contribution in [-0.2, 0) is 0 Å². The van der Waals surface area contributed by atoms with Crippen LogP contribution >= 0.6 is 11.6 Å². The number of halogens is 1. The van der Waals surface area contributed by atoms with E-state index >= 15 is 0 Å². The zero-order chi connectivity index (χ0) is 24.7. The minimum absolute atomic E-state index is 0.222. The van der Waals surface area contributed by atoms with E-state index in [1.165, 1.54) is 7.11 Å². The molecule has 2 heterocycles. The van der Waals surface area contributed by atoms with Crippen molar-refractivity contribution in [3.05, 3.63) is 76.8 Å². The van der Waals surface area contributed by atoms with Crippen LogP contribution in [0.4, 0.5) is 16.2 Å². The third-order valence-corrected chi connectivity index (χ3v) is 6.49. The molecule has 5 rings (SSSR count). The van der Waals surface area contributed by atoms with Gasteiger partial charge in [-0.25, -0.2) is 4.79 Å². The normalized spacial score (nSPS) is 20.3. The molecule has 3 aromatic carbocycles. The number of ether oxygens (including phenoxy) is 3. The average molecular weight is 494 g/mol. The van der Waals surface area contributed by atoms with Gasteiger partial charge in [0.25, 0.3) is 5.91 Å². The van der Waals surface area contributed by atoms with Crippen molar-refractivity contribution in [1.82, 2.24) is 5.32 Å². The molecule has 0 aliphatic carbocycles. The first-order valence-corrected chi connectivity index (χ1v) is 11.4. The molecule has 2 aliphatic heterocycles. The number of hydrogen-bond donors (Lipinski definition) is 2. The second-order valence-electron chi connectivity index (χ2n) is 8.57. The molecule has 3 aromatic rings. The number of rotatable bonds is 5. The number of hydrogen-bond acceptors (Lipinski definition) is 5. The van der Waals surface area contributed by atoms with Crippen molar-refractivity contribution >= 4 is 34.9 Å². The van der Waals surface area contributed by atoms with Gasteiger partial charge in [-0.1, -0.05) is 17.7 Å². The third-order valence-electron chi connectivity index (χ3n) is 6.26. The molecule has 3 amide bonds. The second-order valence-corrected chi connectivity index (χ2v) is 9.01. The summed E-state index contributed by atoms with van der Waals surface area (Å²) in [5.74, 6) is 1.40. The summed E-state index contributed by atoms with van der Waals surface area (Å²) < 4.78 is 16.9. The van der Waals surface area contributed by atoms with Gasteiger partial charge in [0.1, 0.15) is 17.2 Å². The molecule has 0 aromatic heterocycles. The summed E-state index contributed by atoms with van der Waals surface area (Å²) >= 11 is 6.16. The van der Waals surface area contributed by atoms with Crippen LogP contribution in [0.2, 0.25) is 5.02 Å². The van der Waals surface area contributed by atoms with E-state index in [9.17, 15) is 9.59 Å². The molecule has 0 unspecified atom stereocenters. The first-order chi connectivity index (χ1) is 16.8. The van der Waals surface area contributed by atoms with E-state index in [-0.39, 0.29) is 18.0 Å². The lowest BCUT2D eigenvalue weighted by Crippen LogP contribution is -2.65. The van der Waals surface area contributed by atoms with Crippen LogP contribution in [0, 0.1) is 0 Å². The summed E-state index contributed by atoms with van der Waals surface area (Å²) in [6.07, 6.45) is 0.519. The van der Waals surface area contributed by atoms with Crippen molar-refractivity contribution in [2.75, 3.05) is 24.4 Å². The average Bonchev–Trinajstić information content (AvgIpc) is 2.84. The highest BCUT2D eigenvalue weighted by Crippen LogP contribution is 2.46. The van der Waals surface area contributed by atoms with Gasteiger partial charge in [-0.3, -0.25) is 9.69 Å². The topological polar surface area (TPSA) is 89.1 Å². The Morgan fingerprint density at radius 3 is 2.74 bits per heavy atom. The van der Waals surface area contributed by atoms with Crippen molar-refractivity contribution < 1.29 is 23.8 Å². The number of nitrogens with one attached hydrogen (secondary N) is 2. The molecule has 0 spiro atoms. The molecule has 0 saturated carbocycles. The zero-order valence-electron chi connectivity index (χ0n) is 19.4. The number of anilines is 2. The molecule has 2 atom stereocenters. The Morgan fingerprint density at radius 2 is 1.97 bits per heavy atom. The van der Waals surface area contributed by atoms with Crippen LogP contribution in [0.5, 0.6) is 17.2 Å². The van der Waals surface area contributed by atoms with E-state index in [2.05, 4.69) is 10.6 Å². The van der Waals surface area contributed by atoms with Gasteiger partial charge < -0.3 is 24.8 Å². The fourth-order valence-electron chi connectivity index (χ4n) is 4.62. The summed E-state index contributed by atoms with van der Waals surface area (Å²) in [6.45, 7) is 1.87. The summed E-state index contributed by atoms with van der Waals surface area (Å²) in [6, 6.07) is 16.8. The molecule has 35 heavy (non-hydrogen) atoms. The predicted octanol–water partition coefficient (Wildman–Crippen LogP) is 5.38. The molecule has 2 aliphatic rings. The standard InChI is InChI=1S/C26H24ClN3O5/c1-26-14-21(19-12-16(27)7-10-22(19)35-26)29-25(32)30(26)17-6-4-5-15(11-17)24(31)28-20-9-8-18(33-2)13-23(20)34-3/h4-13,21H,14H2,1-3H3,(H,28,31)(H,29,32)/t21-,26+/m0/s1. The molecule has 1 fully saturated rings. The first-order valence-electron chi connectivity index (χ1n) is 11.0. The summed E-state index contributed by atoms with van der Waals surface area (Å²) in [4.78, 5) is 27.8. The monoisotopic (exact) mass is 493 g/mol. The predicted molar refractivity (Wildman–Crippen MR) is 133 cm³/mol. The first kappa shape index (κ1) is 22.9. The van der Waals surface area contributed by atoms with Crippen LogP contribution in [0.25, 0.3) is 0 Å². The second kappa shape index (κ2) is 8.70. The molecule has 1 saturated heterocycles. The Balaban J connectivity index is 1.43. The van der Waals surface area contributed by atoms with E-state index in [4.69, 9.17) is 25.8 Å². The lowest BCUT2D eigenvalue weighted by atomic mass is 9.90.